The quantitative estimate of drug-likeness (QED) is 0.434. The predicted octanol–water partition coefficient (Wildman–Crippen LogP) is 5.64. The van der Waals surface area contributed by atoms with E-state index < -0.39 is 0 Å². The van der Waals surface area contributed by atoms with E-state index in [1.807, 2.05) is 45.0 Å². The van der Waals surface area contributed by atoms with E-state index in [2.05, 4.69) is 13.8 Å². The molecule has 0 radical (unpaired) electrons. The molecule has 24 heavy (non-hydrogen) atoms. The van der Waals surface area contributed by atoms with Gasteiger partial charge in [0.2, 0.25) is 0 Å². The second-order valence-corrected chi connectivity index (χ2v) is 7.17. The van der Waals surface area contributed by atoms with Crippen LogP contribution in [0.1, 0.15) is 65.9 Å². The number of ether oxygens (including phenoxy) is 2. The molecule has 1 aromatic rings. The number of esters is 1. The van der Waals surface area contributed by atoms with Crippen LogP contribution in [0.4, 0.5) is 0 Å². The van der Waals surface area contributed by atoms with Gasteiger partial charge in [0.1, 0.15) is 11.4 Å². The molecule has 0 saturated carbocycles. The summed E-state index contributed by atoms with van der Waals surface area (Å²) >= 11 is 0. The Balaban J connectivity index is 2.53. The van der Waals surface area contributed by atoms with Crippen LogP contribution in [0, 0.1) is 5.92 Å². The standard InChI is InChI=1S/C21H32O3/c1-6-8-10-17(7-2)16-23-20(22)14-13-18-11-9-12-19(15-18)24-21(3,4)5/h9,11-15,17H,6-8,10,16H2,1-5H3/b14-13+. The SMILES string of the molecule is CCCCC(CC)COC(=O)/C=C/c1cccc(OC(C)(C)C)c1. The molecule has 0 aliphatic carbocycles. The van der Waals surface area contributed by atoms with E-state index in [4.69, 9.17) is 9.47 Å². The van der Waals surface area contributed by atoms with Crippen LogP contribution < -0.4 is 4.74 Å². The zero-order valence-electron chi connectivity index (χ0n) is 15.8. The van der Waals surface area contributed by atoms with Gasteiger partial charge in [-0.2, -0.15) is 0 Å². The fraction of sp³-hybridized carbons (Fsp3) is 0.571. The Morgan fingerprint density at radius 2 is 2.00 bits per heavy atom. The molecule has 0 aromatic heterocycles. The van der Waals surface area contributed by atoms with Crippen LogP contribution in [0.2, 0.25) is 0 Å². The second kappa shape index (κ2) is 10.2. The van der Waals surface area contributed by atoms with E-state index in [-0.39, 0.29) is 11.6 Å². The van der Waals surface area contributed by atoms with Crippen molar-refractivity contribution in [1.29, 1.82) is 0 Å². The predicted molar refractivity (Wildman–Crippen MR) is 100 cm³/mol. The Kier molecular flexibility index (Phi) is 8.59. The molecule has 0 aliphatic rings. The van der Waals surface area contributed by atoms with Crippen LogP contribution in [0.3, 0.4) is 0 Å². The molecule has 0 fully saturated rings. The van der Waals surface area contributed by atoms with Crippen molar-refractivity contribution in [3.8, 4) is 5.75 Å². The number of hydrogen-bond acceptors (Lipinski definition) is 3. The van der Waals surface area contributed by atoms with Crippen LogP contribution in [0.5, 0.6) is 5.75 Å². The van der Waals surface area contributed by atoms with Crippen molar-refractivity contribution in [2.24, 2.45) is 5.92 Å². The lowest BCUT2D eigenvalue weighted by Crippen LogP contribution is -2.22. The van der Waals surface area contributed by atoms with Gasteiger partial charge >= 0.3 is 5.97 Å². The van der Waals surface area contributed by atoms with Crippen molar-refractivity contribution in [3.63, 3.8) is 0 Å². The summed E-state index contributed by atoms with van der Waals surface area (Å²) in [5.41, 5.74) is 0.682. The highest BCUT2D eigenvalue weighted by atomic mass is 16.5. The van der Waals surface area contributed by atoms with Crippen LogP contribution >= 0.6 is 0 Å². The summed E-state index contributed by atoms with van der Waals surface area (Å²) in [6.45, 7) is 10.9. The highest BCUT2D eigenvalue weighted by molar-refractivity contribution is 5.87. The van der Waals surface area contributed by atoms with Gasteiger partial charge in [-0.15, -0.1) is 0 Å². The van der Waals surface area contributed by atoms with E-state index in [1.165, 1.54) is 18.9 Å². The second-order valence-electron chi connectivity index (χ2n) is 7.17. The maximum Gasteiger partial charge on any atom is 0.330 e. The lowest BCUT2D eigenvalue weighted by atomic mass is 10.0. The summed E-state index contributed by atoms with van der Waals surface area (Å²) in [7, 11) is 0. The molecule has 0 saturated heterocycles. The van der Waals surface area contributed by atoms with E-state index in [9.17, 15) is 4.79 Å². The van der Waals surface area contributed by atoms with Gasteiger partial charge in [-0.25, -0.2) is 4.79 Å². The lowest BCUT2D eigenvalue weighted by molar-refractivity contribution is -0.139. The molecule has 0 aliphatic heterocycles. The monoisotopic (exact) mass is 332 g/mol. The van der Waals surface area contributed by atoms with Gasteiger partial charge in [0.25, 0.3) is 0 Å². The summed E-state index contributed by atoms with van der Waals surface area (Å²) in [5, 5.41) is 0. The fourth-order valence-corrected chi connectivity index (χ4v) is 2.35. The van der Waals surface area contributed by atoms with Gasteiger partial charge in [-0.1, -0.05) is 45.2 Å². The van der Waals surface area contributed by atoms with Crippen LogP contribution in [0.25, 0.3) is 6.08 Å². The summed E-state index contributed by atoms with van der Waals surface area (Å²) in [4.78, 5) is 11.9. The largest absolute Gasteiger partial charge is 0.488 e. The van der Waals surface area contributed by atoms with Crippen molar-refractivity contribution in [1.82, 2.24) is 0 Å². The van der Waals surface area contributed by atoms with Crippen LogP contribution in [0.15, 0.2) is 30.3 Å². The van der Waals surface area contributed by atoms with Crippen molar-refractivity contribution in [3.05, 3.63) is 35.9 Å². The van der Waals surface area contributed by atoms with Gasteiger partial charge in [-0.05, 0) is 56.9 Å². The zero-order chi connectivity index (χ0) is 18.0. The highest BCUT2D eigenvalue weighted by Crippen LogP contribution is 2.20. The summed E-state index contributed by atoms with van der Waals surface area (Å²) in [5.74, 6) is 0.974. The molecule has 134 valence electrons. The number of rotatable bonds is 9. The Morgan fingerprint density at radius 3 is 2.62 bits per heavy atom. The first-order valence-corrected chi connectivity index (χ1v) is 8.98. The van der Waals surface area contributed by atoms with Crippen molar-refractivity contribution in [2.45, 2.75) is 65.9 Å². The first-order chi connectivity index (χ1) is 11.3. The van der Waals surface area contributed by atoms with Gasteiger partial charge in [0, 0.05) is 6.08 Å². The minimum Gasteiger partial charge on any atom is -0.488 e. The third-order valence-corrected chi connectivity index (χ3v) is 3.70. The number of hydrogen-bond donors (Lipinski definition) is 0. The number of carbonyl (C=O) groups is 1. The third kappa shape index (κ3) is 8.76. The van der Waals surface area contributed by atoms with E-state index >= 15 is 0 Å². The number of carbonyl (C=O) groups excluding carboxylic acids is 1. The van der Waals surface area contributed by atoms with Crippen LogP contribution in [-0.2, 0) is 9.53 Å². The van der Waals surface area contributed by atoms with Crippen molar-refractivity contribution in [2.75, 3.05) is 6.61 Å². The van der Waals surface area contributed by atoms with Crippen molar-refractivity contribution < 1.29 is 14.3 Å². The molecule has 1 aromatic carbocycles. The average Bonchev–Trinajstić information content (AvgIpc) is 2.52. The Morgan fingerprint density at radius 1 is 1.25 bits per heavy atom. The minimum atomic E-state index is -0.285. The van der Waals surface area contributed by atoms with Gasteiger partial charge in [0.05, 0.1) is 6.61 Å². The Hall–Kier alpha value is -1.77. The molecule has 0 spiro atoms. The van der Waals surface area contributed by atoms with Gasteiger partial charge in [0.15, 0.2) is 0 Å². The summed E-state index contributed by atoms with van der Waals surface area (Å²) in [6, 6.07) is 7.70. The summed E-state index contributed by atoms with van der Waals surface area (Å²) in [6.07, 6.45) is 7.79. The first-order valence-electron chi connectivity index (χ1n) is 8.98. The molecule has 1 atom stereocenters. The molecule has 3 nitrogen and oxygen atoms in total. The fourth-order valence-electron chi connectivity index (χ4n) is 2.35. The number of benzene rings is 1. The Bertz CT molecular complexity index is 526. The van der Waals surface area contributed by atoms with Gasteiger partial charge < -0.3 is 9.47 Å². The van der Waals surface area contributed by atoms with E-state index in [0.717, 1.165) is 24.2 Å². The molecule has 1 rings (SSSR count). The first kappa shape index (κ1) is 20.3. The highest BCUT2D eigenvalue weighted by Gasteiger charge is 2.11. The molecule has 3 heteroatoms. The molecule has 0 heterocycles. The average molecular weight is 332 g/mol. The van der Waals surface area contributed by atoms with Crippen LogP contribution in [-0.4, -0.2) is 18.2 Å². The molecule has 0 bridgehead atoms. The maximum absolute atomic E-state index is 11.9. The lowest BCUT2D eigenvalue weighted by Gasteiger charge is -2.21. The normalized spacial score (nSPS) is 13.0. The summed E-state index contributed by atoms with van der Waals surface area (Å²) < 4.78 is 11.2. The minimum absolute atomic E-state index is 0.241. The smallest absolute Gasteiger partial charge is 0.330 e. The zero-order valence-corrected chi connectivity index (χ0v) is 15.8. The van der Waals surface area contributed by atoms with Gasteiger partial charge in [-0.3, -0.25) is 0 Å². The third-order valence-electron chi connectivity index (χ3n) is 3.70. The Labute approximate surface area is 147 Å². The topological polar surface area (TPSA) is 35.5 Å². The molecule has 0 amide bonds. The molecular weight excluding hydrogens is 300 g/mol. The van der Waals surface area contributed by atoms with E-state index in [1.54, 1.807) is 6.08 Å². The van der Waals surface area contributed by atoms with Crippen molar-refractivity contribution >= 4 is 12.0 Å². The van der Waals surface area contributed by atoms with E-state index in [0.29, 0.717) is 12.5 Å². The number of unbranched alkanes of at least 4 members (excludes halogenated alkanes) is 1. The molecule has 0 N–H and O–H groups in total. The molecular formula is C21H32O3. The maximum atomic E-state index is 11.9. The molecule has 1 unspecified atom stereocenters.